The van der Waals surface area contributed by atoms with E-state index in [0.717, 1.165) is 55.4 Å². The van der Waals surface area contributed by atoms with E-state index >= 15 is 0 Å². The van der Waals surface area contributed by atoms with Crippen LogP contribution in [0, 0.1) is 57.2 Å². The second-order valence-corrected chi connectivity index (χ2v) is 19.3. The summed E-state index contributed by atoms with van der Waals surface area (Å²) in [7, 11) is 0. The predicted molar refractivity (Wildman–Crippen MR) is 209 cm³/mol. The van der Waals surface area contributed by atoms with Gasteiger partial charge in [-0.2, -0.15) is 0 Å². The highest BCUT2D eigenvalue weighted by atomic mass is 16.5. The maximum atomic E-state index is 13.3. The minimum Gasteiger partial charge on any atom is -0.462 e. The Hall–Kier alpha value is -3.49. The van der Waals surface area contributed by atoms with Gasteiger partial charge < -0.3 is 14.9 Å². The number of nitrogens with zero attached hydrogens (tertiary/aromatic N) is 1. The highest BCUT2D eigenvalue weighted by Crippen LogP contribution is 2.68. The van der Waals surface area contributed by atoms with Gasteiger partial charge in [-0.05, 0) is 134 Å². The van der Waals surface area contributed by atoms with Crippen LogP contribution >= 0.6 is 0 Å². The van der Waals surface area contributed by atoms with Crippen molar-refractivity contribution in [1.29, 1.82) is 0 Å². The van der Waals surface area contributed by atoms with Crippen molar-refractivity contribution in [2.75, 3.05) is 6.61 Å². The quantitative estimate of drug-likeness (QED) is 0.236. The summed E-state index contributed by atoms with van der Waals surface area (Å²) in [6, 6.07) is 4.30. The van der Waals surface area contributed by atoms with Crippen LogP contribution in [0.15, 0.2) is 66.1 Å². The number of Topliss-reactive ketones (excluding diaryl/α,β-unsaturated/α-hetero) is 2. The Balaban J connectivity index is 0.000000156. The molecular formula is C47H59NO7. The van der Waals surface area contributed by atoms with Crippen molar-refractivity contribution >= 4 is 28.9 Å². The van der Waals surface area contributed by atoms with Crippen molar-refractivity contribution in [1.82, 2.24) is 4.98 Å². The zero-order chi connectivity index (χ0) is 39.1. The van der Waals surface area contributed by atoms with Crippen LogP contribution in [0.25, 0.3) is 5.57 Å². The summed E-state index contributed by atoms with van der Waals surface area (Å²) in [6.45, 7) is 9.75. The molecule has 1 aromatic rings. The van der Waals surface area contributed by atoms with Crippen molar-refractivity contribution < 1.29 is 34.1 Å². The lowest BCUT2D eigenvalue weighted by atomic mass is 9.46. The third-order valence-corrected chi connectivity index (χ3v) is 17.0. The molecule has 8 heteroatoms. The monoisotopic (exact) mass is 749 g/mol. The lowest BCUT2D eigenvalue weighted by molar-refractivity contribution is -0.168. The van der Waals surface area contributed by atoms with E-state index in [1.807, 2.05) is 32.3 Å². The number of carbonyl (C=O) groups excluding carboxylic acids is 4. The molecule has 0 spiro atoms. The van der Waals surface area contributed by atoms with Gasteiger partial charge in [-0.15, -0.1) is 0 Å². The predicted octanol–water partition coefficient (Wildman–Crippen LogP) is 7.74. The van der Waals surface area contributed by atoms with Crippen LogP contribution in [0.4, 0.5) is 0 Å². The molecule has 294 valence electrons. The SMILES string of the molecule is CC(=O)O[C@H]1CC[C@@]2(C)C(=CC[C@@H]3[C@@H]2CC[C@]2(C)C(c4cccnc4)=CC[C@@H]32)C1.C[C@]12C=CC(=O)C=C1CC[C@@H]1[C@@H]2C(=O)C[C@@]2(C)[C@H]1CC[C@]2(O)C(=O)CO. The Kier molecular flexibility index (Phi) is 9.47. The molecule has 0 radical (unpaired) electrons. The molecule has 0 aromatic carbocycles. The number of rotatable bonds is 4. The average molecular weight is 750 g/mol. The lowest BCUT2D eigenvalue weighted by Crippen LogP contribution is -2.60. The number of aromatic nitrogens is 1. The van der Waals surface area contributed by atoms with E-state index in [2.05, 4.69) is 43.1 Å². The summed E-state index contributed by atoms with van der Waals surface area (Å²) < 4.78 is 5.58. The van der Waals surface area contributed by atoms with Crippen molar-refractivity contribution in [3.05, 3.63) is 71.6 Å². The molecule has 0 bridgehead atoms. The van der Waals surface area contributed by atoms with Gasteiger partial charge in [0.2, 0.25) is 0 Å². The molecule has 0 unspecified atom stereocenters. The molecule has 0 amide bonds. The van der Waals surface area contributed by atoms with Gasteiger partial charge >= 0.3 is 5.97 Å². The van der Waals surface area contributed by atoms with Crippen molar-refractivity contribution in [3.63, 3.8) is 0 Å². The van der Waals surface area contributed by atoms with Crippen molar-refractivity contribution in [2.24, 2.45) is 57.2 Å². The smallest absolute Gasteiger partial charge is 0.302 e. The van der Waals surface area contributed by atoms with Gasteiger partial charge in [0, 0.05) is 48.9 Å². The number of fused-ring (bicyclic) bond motifs is 10. The van der Waals surface area contributed by atoms with Gasteiger partial charge in [-0.25, -0.2) is 0 Å². The molecule has 8 nitrogen and oxygen atoms in total. The van der Waals surface area contributed by atoms with E-state index in [0.29, 0.717) is 12.8 Å². The maximum absolute atomic E-state index is 13.3. The molecule has 1 aromatic heterocycles. The second-order valence-electron chi connectivity index (χ2n) is 19.3. The topological polar surface area (TPSA) is 131 Å². The van der Waals surface area contributed by atoms with E-state index in [4.69, 9.17) is 4.74 Å². The number of aliphatic hydroxyl groups excluding tert-OH is 1. The van der Waals surface area contributed by atoms with Gasteiger partial charge in [-0.3, -0.25) is 24.2 Å². The molecule has 12 atom stereocenters. The molecule has 1 heterocycles. The zero-order valence-electron chi connectivity index (χ0n) is 33.3. The number of pyridine rings is 1. The summed E-state index contributed by atoms with van der Waals surface area (Å²) in [5.41, 5.74) is 3.12. The molecule has 55 heavy (non-hydrogen) atoms. The summed E-state index contributed by atoms with van der Waals surface area (Å²) in [6.07, 6.45) is 25.0. The lowest BCUT2D eigenvalue weighted by Gasteiger charge is -2.57. The van der Waals surface area contributed by atoms with E-state index in [1.165, 1.54) is 43.7 Å². The first-order chi connectivity index (χ1) is 26.1. The molecule has 0 aliphatic heterocycles. The van der Waals surface area contributed by atoms with Gasteiger partial charge in [0.25, 0.3) is 0 Å². The number of ether oxygens (including phenoxy) is 1. The number of hydrogen-bond acceptors (Lipinski definition) is 8. The van der Waals surface area contributed by atoms with Crippen LogP contribution in [0.1, 0.15) is 117 Å². The Morgan fingerprint density at radius 3 is 2.40 bits per heavy atom. The fraction of sp³-hybridized carbons (Fsp3) is 0.638. The van der Waals surface area contributed by atoms with Gasteiger partial charge in [-0.1, -0.05) is 63.1 Å². The first kappa shape index (κ1) is 38.4. The fourth-order valence-corrected chi connectivity index (χ4v) is 14.1. The first-order valence-electron chi connectivity index (χ1n) is 20.9. The van der Waals surface area contributed by atoms with E-state index in [-0.39, 0.29) is 58.6 Å². The van der Waals surface area contributed by atoms with Crippen LogP contribution in [-0.4, -0.2) is 56.8 Å². The summed E-state index contributed by atoms with van der Waals surface area (Å²) in [5.74, 6) is 1.53. The third-order valence-electron chi connectivity index (χ3n) is 17.0. The normalized spacial score (nSPS) is 43.8. The minimum absolute atomic E-state index is 0.0206. The van der Waals surface area contributed by atoms with E-state index in [9.17, 15) is 29.4 Å². The maximum Gasteiger partial charge on any atom is 0.302 e. The number of ketones is 3. The highest BCUT2D eigenvalue weighted by Gasteiger charge is 2.68. The van der Waals surface area contributed by atoms with Gasteiger partial charge in [0.15, 0.2) is 11.6 Å². The first-order valence-corrected chi connectivity index (χ1v) is 20.9. The summed E-state index contributed by atoms with van der Waals surface area (Å²) >= 11 is 0. The molecule has 2 N–H and O–H groups in total. The number of hydrogen-bond donors (Lipinski definition) is 2. The number of allylic oxidation sites excluding steroid dienone is 7. The summed E-state index contributed by atoms with van der Waals surface area (Å²) in [4.78, 5) is 53.2. The Labute approximate surface area is 326 Å². The highest BCUT2D eigenvalue weighted by molar-refractivity contribution is 6.02. The molecule has 0 saturated heterocycles. The Bertz CT molecular complexity index is 1910. The van der Waals surface area contributed by atoms with E-state index < -0.39 is 28.8 Å². The zero-order valence-corrected chi connectivity index (χ0v) is 33.3. The van der Waals surface area contributed by atoms with Gasteiger partial charge in [0.05, 0.1) is 0 Å². The molecular weight excluding hydrogens is 691 g/mol. The van der Waals surface area contributed by atoms with Gasteiger partial charge in [0.1, 0.15) is 24.1 Å². The average Bonchev–Trinajstić information content (AvgIpc) is 3.65. The second kappa shape index (κ2) is 13.6. The standard InChI is InChI=1S/C26H33NO2.C21H26O5/c1-17(28)29-20-10-12-25(2)19(15-20)6-7-21-23-9-8-22(18-5-4-14-27-16-18)26(23,3)13-11-24(21)25;1-19-7-5-13(23)9-12(19)3-4-14-15-6-8-21(26,17(25)11-22)20(15,2)10-16(24)18(14)19/h4-6,8,14,16,20-21,23-24H,7,9-13,15H2,1-3H3;5,7,9,14-15,18,22,26H,3-4,6,8,10-11H2,1-2H3/t20-,21-,23-,24-,25-,26+;14-,15-,18+,19-,20-,21-/m00/s1. The third kappa shape index (κ3) is 5.77. The Morgan fingerprint density at radius 1 is 0.909 bits per heavy atom. The largest absolute Gasteiger partial charge is 0.462 e. The fourth-order valence-electron chi connectivity index (χ4n) is 14.1. The molecule has 8 aliphatic rings. The van der Waals surface area contributed by atoms with Crippen molar-refractivity contribution in [2.45, 2.75) is 123 Å². The summed E-state index contributed by atoms with van der Waals surface area (Å²) in [5, 5.41) is 20.5. The van der Waals surface area contributed by atoms with Crippen LogP contribution < -0.4 is 0 Å². The minimum atomic E-state index is -1.62. The molecule has 8 aliphatic carbocycles. The van der Waals surface area contributed by atoms with E-state index in [1.54, 1.807) is 17.7 Å². The number of esters is 1. The molecule has 5 saturated carbocycles. The van der Waals surface area contributed by atoms with Crippen molar-refractivity contribution in [3.8, 4) is 0 Å². The van der Waals surface area contributed by atoms with Crippen LogP contribution in [0.2, 0.25) is 0 Å². The Morgan fingerprint density at radius 2 is 1.67 bits per heavy atom. The van der Waals surface area contributed by atoms with Crippen LogP contribution in [-0.2, 0) is 23.9 Å². The molecule has 9 rings (SSSR count). The van der Waals surface area contributed by atoms with Crippen LogP contribution in [0.5, 0.6) is 0 Å². The number of aliphatic hydroxyl groups is 2. The molecule has 5 fully saturated rings. The number of carbonyl (C=O) groups is 4. The van der Waals surface area contributed by atoms with Crippen LogP contribution in [0.3, 0.4) is 0 Å².